The molecule has 7 heteroatoms. The zero-order valence-electron chi connectivity index (χ0n) is 16.3. The van der Waals surface area contributed by atoms with Gasteiger partial charge in [-0.05, 0) is 24.6 Å². The normalized spacial score (nSPS) is 13.7. The van der Waals surface area contributed by atoms with Crippen molar-refractivity contribution in [3.8, 4) is 5.75 Å². The van der Waals surface area contributed by atoms with Crippen LogP contribution in [0.1, 0.15) is 23.2 Å². The van der Waals surface area contributed by atoms with Gasteiger partial charge in [0.05, 0.1) is 24.0 Å². The van der Waals surface area contributed by atoms with Crippen LogP contribution in [0.25, 0.3) is 10.8 Å². The Hall–Kier alpha value is -3.61. The van der Waals surface area contributed by atoms with Crippen LogP contribution < -0.4 is 20.5 Å². The van der Waals surface area contributed by atoms with Crippen molar-refractivity contribution in [1.29, 1.82) is 0 Å². The van der Waals surface area contributed by atoms with Crippen LogP contribution in [0.2, 0.25) is 0 Å². The quantitative estimate of drug-likeness (QED) is 0.742. The highest BCUT2D eigenvalue weighted by molar-refractivity contribution is 6.14. The van der Waals surface area contributed by atoms with Gasteiger partial charge in [-0.15, -0.1) is 0 Å². The maximum atomic E-state index is 13.2. The summed E-state index contributed by atoms with van der Waals surface area (Å²) in [6, 6.07) is 12.2. The van der Waals surface area contributed by atoms with Gasteiger partial charge in [-0.3, -0.25) is 14.4 Å². The molecule has 1 N–H and O–H groups in total. The smallest absolute Gasteiger partial charge is 0.258 e. The molecule has 0 unspecified atom stereocenters. The van der Waals surface area contributed by atoms with Crippen LogP contribution in [0.5, 0.6) is 5.75 Å². The fraction of sp³-hybridized carbons (Fsp3) is 0.227. The number of aromatic nitrogens is 1. The van der Waals surface area contributed by atoms with Crippen molar-refractivity contribution in [1.82, 2.24) is 4.57 Å². The van der Waals surface area contributed by atoms with Gasteiger partial charge in [0.2, 0.25) is 5.91 Å². The summed E-state index contributed by atoms with van der Waals surface area (Å²) in [5, 5.41) is 3.96. The lowest BCUT2D eigenvalue weighted by molar-refractivity contribution is -0.117. The summed E-state index contributed by atoms with van der Waals surface area (Å²) in [5.41, 5.74) is 1.34. The summed E-state index contributed by atoms with van der Waals surface area (Å²) >= 11 is 0. The number of nitrogens with one attached hydrogen (secondary N) is 1. The number of hydrogen-bond donors (Lipinski definition) is 1. The fourth-order valence-corrected chi connectivity index (χ4v) is 3.67. The van der Waals surface area contributed by atoms with E-state index >= 15 is 0 Å². The van der Waals surface area contributed by atoms with Gasteiger partial charge in [0.15, 0.2) is 0 Å². The Morgan fingerprint density at radius 2 is 1.86 bits per heavy atom. The Balaban J connectivity index is 1.78. The molecule has 29 heavy (non-hydrogen) atoms. The molecule has 0 bridgehead atoms. The fourth-order valence-electron chi connectivity index (χ4n) is 3.67. The molecular weight excluding hydrogens is 370 g/mol. The molecule has 148 valence electrons. The van der Waals surface area contributed by atoms with E-state index in [0.717, 1.165) is 6.42 Å². The van der Waals surface area contributed by atoms with Crippen molar-refractivity contribution < 1.29 is 14.3 Å². The second kappa shape index (κ2) is 7.43. The second-order valence-electron chi connectivity index (χ2n) is 6.99. The maximum Gasteiger partial charge on any atom is 0.258 e. The molecule has 1 saturated heterocycles. The van der Waals surface area contributed by atoms with Crippen LogP contribution in [0.4, 0.5) is 11.4 Å². The van der Waals surface area contributed by atoms with Gasteiger partial charge in [0.1, 0.15) is 5.75 Å². The third kappa shape index (κ3) is 3.35. The molecule has 1 fully saturated rings. The number of aryl methyl sites for hydroxylation is 1. The van der Waals surface area contributed by atoms with Crippen molar-refractivity contribution >= 4 is 34.0 Å². The highest BCUT2D eigenvalue weighted by Crippen LogP contribution is 2.33. The predicted molar refractivity (Wildman–Crippen MR) is 112 cm³/mol. The topological polar surface area (TPSA) is 80.6 Å². The molecule has 7 nitrogen and oxygen atoms in total. The van der Waals surface area contributed by atoms with Crippen LogP contribution in [0.3, 0.4) is 0 Å². The zero-order valence-corrected chi connectivity index (χ0v) is 16.3. The van der Waals surface area contributed by atoms with E-state index in [1.807, 2.05) is 0 Å². The summed E-state index contributed by atoms with van der Waals surface area (Å²) in [4.78, 5) is 39.5. The Bertz CT molecular complexity index is 1180. The number of methoxy groups -OCH3 is 1. The van der Waals surface area contributed by atoms with E-state index in [2.05, 4.69) is 5.32 Å². The number of pyridine rings is 1. The number of ether oxygens (including phenoxy) is 1. The van der Waals surface area contributed by atoms with E-state index in [9.17, 15) is 14.4 Å². The largest absolute Gasteiger partial charge is 0.497 e. The minimum absolute atomic E-state index is 0.0261. The molecule has 0 atom stereocenters. The van der Waals surface area contributed by atoms with Gasteiger partial charge in [0.25, 0.3) is 11.5 Å². The minimum atomic E-state index is -0.363. The van der Waals surface area contributed by atoms with Gasteiger partial charge in [-0.25, -0.2) is 0 Å². The van der Waals surface area contributed by atoms with Crippen molar-refractivity contribution in [2.75, 3.05) is 23.9 Å². The van der Waals surface area contributed by atoms with E-state index in [-0.39, 0.29) is 17.4 Å². The number of hydrogen-bond acceptors (Lipinski definition) is 4. The number of carbonyl (C=O) groups is 2. The third-order valence-corrected chi connectivity index (χ3v) is 5.15. The van der Waals surface area contributed by atoms with E-state index in [1.54, 1.807) is 61.5 Å². The molecule has 4 rings (SSSR count). The van der Waals surface area contributed by atoms with Crippen LogP contribution >= 0.6 is 0 Å². The van der Waals surface area contributed by atoms with Crippen molar-refractivity contribution in [3.05, 3.63) is 64.6 Å². The molecule has 1 aromatic heterocycles. The lowest BCUT2D eigenvalue weighted by Crippen LogP contribution is -2.26. The molecule has 2 amide bonds. The molecular formula is C22H21N3O4. The number of carbonyl (C=O) groups excluding carboxylic acids is 2. The van der Waals surface area contributed by atoms with E-state index in [4.69, 9.17) is 4.74 Å². The second-order valence-corrected chi connectivity index (χ2v) is 6.99. The molecule has 0 saturated carbocycles. The van der Waals surface area contributed by atoms with E-state index < -0.39 is 0 Å². The number of rotatable bonds is 4. The minimum Gasteiger partial charge on any atom is -0.497 e. The molecule has 2 heterocycles. The first kappa shape index (κ1) is 18.7. The lowest BCUT2D eigenvalue weighted by atomic mass is 10.1. The van der Waals surface area contributed by atoms with Crippen LogP contribution in [0, 0.1) is 0 Å². The summed E-state index contributed by atoms with van der Waals surface area (Å²) in [5.74, 6) is 0.234. The van der Waals surface area contributed by atoms with Crippen LogP contribution in [0.15, 0.2) is 53.5 Å². The van der Waals surface area contributed by atoms with Gasteiger partial charge in [0, 0.05) is 43.0 Å². The zero-order chi connectivity index (χ0) is 20.5. The molecule has 1 aliphatic heterocycles. The van der Waals surface area contributed by atoms with Crippen LogP contribution in [-0.4, -0.2) is 30.0 Å². The first-order valence-corrected chi connectivity index (χ1v) is 9.37. The highest BCUT2D eigenvalue weighted by atomic mass is 16.5. The average Bonchev–Trinajstić information content (AvgIpc) is 3.16. The van der Waals surface area contributed by atoms with Gasteiger partial charge in [-0.1, -0.05) is 18.2 Å². The molecule has 2 aromatic carbocycles. The van der Waals surface area contributed by atoms with Gasteiger partial charge < -0.3 is 19.5 Å². The standard InChI is InChI=1S/C22H21N3O4/c1-24-13-17(15-6-3-4-7-16(15)22(24)28)21(27)23-18-12-14(29-2)9-10-19(18)25-11-5-8-20(25)26/h3-4,6-7,9-10,12-13H,5,8,11H2,1-2H3,(H,23,27). The first-order valence-electron chi connectivity index (χ1n) is 9.37. The molecule has 1 aliphatic rings. The summed E-state index contributed by atoms with van der Waals surface area (Å²) in [7, 11) is 3.16. The highest BCUT2D eigenvalue weighted by Gasteiger charge is 2.25. The van der Waals surface area contributed by atoms with E-state index in [0.29, 0.717) is 46.4 Å². The Kier molecular flexibility index (Phi) is 4.80. The Labute approximate surface area is 167 Å². The number of anilines is 2. The Morgan fingerprint density at radius 3 is 2.55 bits per heavy atom. The molecule has 3 aromatic rings. The van der Waals surface area contributed by atoms with Gasteiger partial charge in [-0.2, -0.15) is 0 Å². The SMILES string of the molecule is COc1ccc(N2CCCC2=O)c(NC(=O)c2cn(C)c(=O)c3ccccc23)c1. The van der Waals surface area contributed by atoms with Crippen molar-refractivity contribution in [2.45, 2.75) is 12.8 Å². The Morgan fingerprint density at radius 1 is 1.10 bits per heavy atom. The molecule has 0 spiro atoms. The maximum absolute atomic E-state index is 13.2. The van der Waals surface area contributed by atoms with Gasteiger partial charge >= 0.3 is 0 Å². The number of fused-ring (bicyclic) bond motifs is 1. The monoisotopic (exact) mass is 391 g/mol. The predicted octanol–water partition coefficient (Wildman–Crippen LogP) is 2.93. The van der Waals surface area contributed by atoms with E-state index in [1.165, 1.54) is 10.8 Å². The molecule has 0 radical (unpaired) electrons. The number of nitrogens with zero attached hydrogens (tertiary/aromatic N) is 2. The third-order valence-electron chi connectivity index (χ3n) is 5.15. The van der Waals surface area contributed by atoms with Crippen molar-refractivity contribution in [3.63, 3.8) is 0 Å². The number of benzene rings is 2. The number of amides is 2. The summed E-state index contributed by atoms with van der Waals surface area (Å²) in [6.07, 6.45) is 2.80. The lowest BCUT2D eigenvalue weighted by Gasteiger charge is -2.21. The van der Waals surface area contributed by atoms with Crippen LogP contribution in [-0.2, 0) is 11.8 Å². The first-order chi connectivity index (χ1) is 14.0. The average molecular weight is 391 g/mol. The van der Waals surface area contributed by atoms with Crippen molar-refractivity contribution in [2.24, 2.45) is 7.05 Å². The summed E-state index contributed by atoms with van der Waals surface area (Å²) in [6.45, 7) is 0.608. The summed E-state index contributed by atoms with van der Waals surface area (Å²) < 4.78 is 6.69. The molecule has 0 aliphatic carbocycles.